The number of nitrogens with one attached hydrogen (secondary N) is 1. The Morgan fingerprint density at radius 2 is 2.15 bits per heavy atom. The molecular weight excluding hydrogens is 342 g/mol. The average Bonchev–Trinajstić information content (AvgIpc) is 3.16. The van der Waals surface area contributed by atoms with Crippen LogP contribution in [0, 0.1) is 5.92 Å². The molecule has 1 aliphatic heterocycles. The van der Waals surface area contributed by atoms with Crippen molar-refractivity contribution in [1.29, 1.82) is 0 Å². The molecule has 3 heterocycles. The van der Waals surface area contributed by atoms with Gasteiger partial charge in [-0.1, -0.05) is 42.4 Å². The van der Waals surface area contributed by atoms with Crippen molar-refractivity contribution in [3.05, 3.63) is 47.9 Å². The quantitative estimate of drug-likeness (QED) is 0.748. The van der Waals surface area contributed by atoms with E-state index in [4.69, 9.17) is 4.52 Å². The molecule has 7 heteroatoms. The number of hydrogen-bond donors (Lipinski definition) is 1. The highest BCUT2D eigenvalue weighted by Crippen LogP contribution is 2.30. The van der Waals surface area contributed by atoms with Crippen LogP contribution in [0.2, 0.25) is 0 Å². The number of carbonyl (C=O) groups is 1. The number of aromatic nitrogens is 3. The summed E-state index contributed by atoms with van der Waals surface area (Å²) >= 11 is 0. The molecule has 1 fully saturated rings. The number of fused-ring (bicyclic) bond motifs is 1. The standard InChI is InChI=1S/C20H23N5O2/c1-2-16-17-18(22-13-23-20(17)27-24-16)25-10-6-9-15(12-25)19(26)21-11-14-7-4-3-5-8-14/h3-5,7-8,13,15H,2,6,9-12H2,1H3,(H,21,26)/t15-/m1/s1. The van der Waals surface area contributed by atoms with Crippen LogP contribution in [0.5, 0.6) is 0 Å². The Morgan fingerprint density at radius 1 is 1.30 bits per heavy atom. The van der Waals surface area contributed by atoms with Crippen LogP contribution in [-0.2, 0) is 17.8 Å². The monoisotopic (exact) mass is 365 g/mol. The van der Waals surface area contributed by atoms with Gasteiger partial charge in [0.1, 0.15) is 17.5 Å². The highest BCUT2D eigenvalue weighted by molar-refractivity contribution is 5.88. The highest BCUT2D eigenvalue weighted by atomic mass is 16.5. The number of anilines is 1. The minimum absolute atomic E-state index is 0.0579. The second-order valence-corrected chi connectivity index (χ2v) is 6.85. The summed E-state index contributed by atoms with van der Waals surface area (Å²) < 4.78 is 5.33. The Labute approximate surface area is 157 Å². The third kappa shape index (κ3) is 3.63. The molecule has 1 aromatic carbocycles. The molecule has 1 saturated heterocycles. The number of carbonyl (C=O) groups excluding carboxylic acids is 1. The van der Waals surface area contributed by atoms with Gasteiger partial charge in [-0.15, -0.1) is 0 Å². The lowest BCUT2D eigenvalue weighted by Crippen LogP contribution is -2.43. The molecule has 0 aliphatic carbocycles. The van der Waals surface area contributed by atoms with Crippen molar-refractivity contribution < 1.29 is 9.32 Å². The molecule has 1 aliphatic rings. The van der Waals surface area contributed by atoms with E-state index < -0.39 is 0 Å². The molecular formula is C20H23N5O2. The van der Waals surface area contributed by atoms with Gasteiger partial charge in [0, 0.05) is 19.6 Å². The van der Waals surface area contributed by atoms with Gasteiger partial charge in [0.15, 0.2) is 0 Å². The lowest BCUT2D eigenvalue weighted by Gasteiger charge is -2.33. The Balaban J connectivity index is 1.48. The topological polar surface area (TPSA) is 84.2 Å². The fourth-order valence-corrected chi connectivity index (χ4v) is 3.62. The number of aryl methyl sites for hydroxylation is 1. The summed E-state index contributed by atoms with van der Waals surface area (Å²) in [4.78, 5) is 23.5. The van der Waals surface area contributed by atoms with E-state index in [2.05, 4.69) is 25.3 Å². The molecule has 1 atom stereocenters. The van der Waals surface area contributed by atoms with Gasteiger partial charge in [-0.3, -0.25) is 4.79 Å². The second-order valence-electron chi connectivity index (χ2n) is 6.85. The molecule has 0 radical (unpaired) electrons. The number of rotatable bonds is 5. The van der Waals surface area contributed by atoms with Crippen LogP contribution in [-0.4, -0.2) is 34.1 Å². The Bertz CT molecular complexity index is 925. The third-order valence-corrected chi connectivity index (χ3v) is 5.06. The van der Waals surface area contributed by atoms with Crippen molar-refractivity contribution in [2.24, 2.45) is 5.92 Å². The minimum Gasteiger partial charge on any atom is -0.355 e. The molecule has 2 aromatic heterocycles. The minimum atomic E-state index is -0.0579. The zero-order chi connectivity index (χ0) is 18.6. The number of nitrogens with zero attached hydrogens (tertiary/aromatic N) is 4. The predicted octanol–water partition coefficient (Wildman–Crippen LogP) is 2.71. The van der Waals surface area contributed by atoms with Gasteiger partial charge in [0.2, 0.25) is 5.91 Å². The van der Waals surface area contributed by atoms with Crippen molar-refractivity contribution in [1.82, 2.24) is 20.4 Å². The van der Waals surface area contributed by atoms with Crippen LogP contribution >= 0.6 is 0 Å². The fraction of sp³-hybridized carbons (Fsp3) is 0.400. The number of amides is 1. The largest absolute Gasteiger partial charge is 0.355 e. The van der Waals surface area contributed by atoms with Crippen LogP contribution < -0.4 is 10.2 Å². The average molecular weight is 365 g/mol. The van der Waals surface area contributed by atoms with E-state index in [1.165, 1.54) is 6.33 Å². The first kappa shape index (κ1) is 17.5. The molecule has 0 spiro atoms. The summed E-state index contributed by atoms with van der Waals surface area (Å²) in [5, 5.41) is 8.04. The SMILES string of the molecule is CCc1noc2ncnc(N3CCC[C@@H](C(=O)NCc4ccccc4)C3)c12. The van der Waals surface area contributed by atoms with Crippen LogP contribution in [0.25, 0.3) is 11.1 Å². The number of hydrogen-bond acceptors (Lipinski definition) is 6. The molecule has 1 N–H and O–H groups in total. The van der Waals surface area contributed by atoms with Crippen LogP contribution in [0.1, 0.15) is 31.0 Å². The molecule has 3 aromatic rings. The maximum absolute atomic E-state index is 12.7. The molecule has 27 heavy (non-hydrogen) atoms. The molecule has 0 saturated carbocycles. The summed E-state index contributed by atoms with van der Waals surface area (Å²) in [6.07, 6.45) is 4.08. The summed E-state index contributed by atoms with van der Waals surface area (Å²) in [7, 11) is 0. The summed E-state index contributed by atoms with van der Waals surface area (Å²) in [6, 6.07) is 9.97. The normalized spacial score (nSPS) is 17.2. The van der Waals surface area contributed by atoms with E-state index in [0.717, 1.165) is 48.3 Å². The number of piperidine rings is 1. The van der Waals surface area contributed by atoms with Gasteiger partial charge >= 0.3 is 0 Å². The summed E-state index contributed by atoms with van der Waals surface area (Å²) in [5.41, 5.74) is 2.47. The van der Waals surface area contributed by atoms with E-state index in [-0.39, 0.29) is 11.8 Å². The zero-order valence-corrected chi connectivity index (χ0v) is 15.4. The Kier molecular flexibility index (Phi) is 5.00. The van der Waals surface area contributed by atoms with Crippen LogP contribution in [0.15, 0.2) is 41.2 Å². The van der Waals surface area contributed by atoms with Gasteiger partial charge in [0.05, 0.1) is 11.6 Å². The van der Waals surface area contributed by atoms with Crippen molar-refractivity contribution in [3.63, 3.8) is 0 Å². The molecule has 0 unspecified atom stereocenters. The second kappa shape index (κ2) is 7.73. The van der Waals surface area contributed by atoms with E-state index in [1.54, 1.807) is 0 Å². The maximum Gasteiger partial charge on any atom is 0.263 e. The van der Waals surface area contributed by atoms with Crippen molar-refractivity contribution in [2.75, 3.05) is 18.0 Å². The van der Waals surface area contributed by atoms with E-state index in [1.807, 2.05) is 37.3 Å². The molecule has 1 amide bonds. The predicted molar refractivity (Wildman–Crippen MR) is 102 cm³/mol. The van der Waals surface area contributed by atoms with Gasteiger partial charge in [-0.2, -0.15) is 4.98 Å². The van der Waals surface area contributed by atoms with E-state index in [9.17, 15) is 4.79 Å². The lowest BCUT2D eigenvalue weighted by molar-refractivity contribution is -0.125. The van der Waals surface area contributed by atoms with E-state index in [0.29, 0.717) is 18.8 Å². The fourth-order valence-electron chi connectivity index (χ4n) is 3.62. The van der Waals surface area contributed by atoms with Crippen LogP contribution in [0.4, 0.5) is 5.82 Å². The van der Waals surface area contributed by atoms with Crippen molar-refractivity contribution >= 4 is 22.8 Å². The highest BCUT2D eigenvalue weighted by Gasteiger charge is 2.28. The number of benzene rings is 1. The Hall–Kier alpha value is -2.96. The van der Waals surface area contributed by atoms with Gasteiger partial charge < -0.3 is 14.7 Å². The third-order valence-electron chi connectivity index (χ3n) is 5.06. The van der Waals surface area contributed by atoms with E-state index >= 15 is 0 Å². The summed E-state index contributed by atoms with van der Waals surface area (Å²) in [5.74, 6) is 0.853. The van der Waals surface area contributed by atoms with Crippen molar-refractivity contribution in [2.45, 2.75) is 32.7 Å². The lowest BCUT2D eigenvalue weighted by atomic mass is 9.96. The molecule has 4 rings (SSSR count). The smallest absolute Gasteiger partial charge is 0.263 e. The summed E-state index contributed by atoms with van der Waals surface area (Å²) in [6.45, 7) is 4.09. The zero-order valence-electron chi connectivity index (χ0n) is 15.4. The molecule has 7 nitrogen and oxygen atoms in total. The molecule has 0 bridgehead atoms. The first-order chi connectivity index (χ1) is 13.3. The van der Waals surface area contributed by atoms with Crippen LogP contribution in [0.3, 0.4) is 0 Å². The Morgan fingerprint density at radius 3 is 2.96 bits per heavy atom. The van der Waals surface area contributed by atoms with Gasteiger partial charge in [-0.05, 0) is 24.8 Å². The van der Waals surface area contributed by atoms with Gasteiger partial charge in [-0.25, -0.2) is 4.98 Å². The van der Waals surface area contributed by atoms with Crippen molar-refractivity contribution in [3.8, 4) is 0 Å². The van der Waals surface area contributed by atoms with Gasteiger partial charge in [0.25, 0.3) is 5.71 Å². The first-order valence-corrected chi connectivity index (χ1v) is 9.42. The maximum atomic E-state index is 12.7. The first-order valence-electron chi connectivity index (χ1n) is 9.42. The molecule has 140 valence electrons.